The zero-order chi connectivity index (χ0) is 17.7. The van der Waals surface area contributed by atoms with Crippen LogP contribution in [-0.2, 0) is 6.42 Å². The number of aliphatic hydroxyl groups is 1. The van der Waals surface area contributed by atoms with Crippen molar-refractivity contribution in [2.45, 2.75) is 31.9 Å². The standard InChI is InChI=1S/C19H24N2O3/c1-12(7-8-13-5-3-2-4-6-13)17(20)18(23)14-9-10-16(22)15(11-14)19(21)24/h2-6,9-12,17-18,22-23H,7-8,20H2,1H3,(H2,21,24). The maximum Gasteiger partial charge on any atom is 0.252 e. The fraction of sp³-hybridized carbons (Fsp3) is 0.316. The number of aryl methyl sites for hydroxylation is 1. The molecule has 5 nitrogen and oxygen atoms in total. The summed E-state index contributed by atoms with van der Waals surface area (Å²) >= 11 is 0. The Hall–Kier alpha value is -2.37. The quantitative estimate of drug-likeness (QED) is 0.624. The SMILES string of the molecule is CC(CCc1ccccc1)C(N)C(O)c1ccc(O)c(C(N)=O)c1. The first-order chi connectivity index (χ1) is 11.4. The minimum absolute atomic E-state index is 0.0179. The number of hydrogen-bond donors (Lipinski definition) is 4. The van der Waals surface area contributed by atoms with Gasteiger partial charge in [0.05, 0.1) is 11.7 Å². The topological polar surface area (TPSA) is 110 Å². The number of amides is 1. The minimum atomic E-state index is -0.936. The highest BCUT2D eigenvalue weighted by Gasteiger charge is 2.24. The molecule has 2 rings (SSSR count). The van der Waals surface area contributed by atoms with Crippen LogP contribution in [0.5, 0.6) is 5.75 Å². The third kappa shape index (κ3) is 4.34. The summed E-state index contributed by atoms with van der Waals surface area (Å²) in [5.41, 5.74) is 13.1. The van der Waals surface area contributed by atoms with Gasteiger partial charge < -0.3 is 21.7 Å². The number of rotatable bonds is 7. The Morgan fingerprint density at radius 3 is 2.46 bits per heavy atom. The lowest BCUT2D eigenvalue weighted by Gasteiger charge is -2.25. The van der Waals surface area contributed by atoms with E-state index in [1.807, 2.05) is 25.1 Å². The van der Waals surface area contributed by atoms with Gasteiger partial charge in [-0.05, 0) is 42.0 Å². The fourth-order valence-electron chi connectivity index (χ4n) is 2.70. The number of benzene rings is 2. The molecule has 0 bridgehead atoms. The van der Waals surface area contributed by atoms with Gasteiger partial charge in [0.15, 0.2) is 0 Å². The summed E-state index contributed by atoms with van der Waals surface area (Å²) in [6, 6.07) is 13.9. The Morgan fingerprint density at radius 2 is 1.83 bits per heavy atom. The molecule has 0 fully saturated rings. The third-order valence-corrected chi connectivity index (χ3v) is 4.38. The van der Waals surface area contributed by atoms with Crippen molar-refractivity contribution < 1.29 is 15.0 Å². The Morgan fingerprint density at radius 1 is 1.17 bits per heavy atom. The number of hydrogen-bond acceptors (Lipinski definition) is 4. The van der Waals surface area contributed by atoms with Crippen molar-refractivity contribution in [2.24, 2.45) is 17.4 Å². The van der Waals surface area contributed by atoms with Crippen molar-refractivity contribution in [3.63, 3.8) is 0 Å². The largest absolute Gasteiger partial charge is 0.507 e. The van der Waals surface area contributed by atoms with E-state index < -0.39 is 18.1 Å². The predicted molar refractivity (Wildman–Crippen MR) is 93.5 cm³/mol. The molecule has 0 saturated heterocycles. The molecule has 0 aliphatic carbocycles. The number of primary amides is 1. The van der Waals surface area contributed by atoms with Crippen LogP contribution in [0.4, 0.5) is 0 Å². The number of nitrogens with two attached hydrogens (primary N) is 2. The van der Waals surface area contributed by atoms with Crippen molar-refractivity contribution in [3.05, 3.63) is 65.2 Å². The van der Waals surface area contributed by atoms with E-state index in [4.69, 9.17) is 11.5 Å². The number of aliphatic hydroxyl groups excluding tert-OH is 1. The lowest BCUT2D eigenvalue weighted by atomic mass is 9.88. The fourth-order valence-corrected chi connectivity index (χ4v) is 2.70. The van der Waals surface area contributed by atoms with Crippen molar-refractivity contribution in [1.82, 2.24) is 0 Å². The summed E-state index contributed by atoms with van der Waals surface area (Å²) in [7, 11) is 0. The summed E-state index contributed by atoms with van der Waals surface area (Å²) in [6.07, 6.45) is 0.780. The van der Waals surface area contributed by atoms with Gasteiger partial charge >= 0.3 is 0 Å². The summed E-state index contributed by atoms with van der Waals surface area (Å²) in [5, 5.41) is 20.1. The molecule has 6 N–H and O–H groups in total. The van der Waals surface area contributed by atoms with Crippen molar-refractivity contribution in [2.75, 3.05) is 0 Å². The van der Waals surface area contributed by atoms with Gasteiger partial charge in [-0.3, -0.25) is 4.79 Å². The normalized spacial score (nSPS) is 14.8. The van der Waals surface area contributed by atoms with E-state index >= 15 is 0 Å². The molecule has 2 aromatic carbocycles. The lowest BCUT2D eigenvalue weighted by Crippen LogP contribution is -2.35. The maximum absolute atomic E-state index is 11.3. The van der Waals surface area contributed by atoms with Crippen LogP contribution in [0.2, 0.25) is 0 Å². The van der Waals surface area contributed by atoms with Gasteiger partial charge in [-0.15, -0.1) is 0 Å². The van der Waals surface area contributed by atoms with Crippen LogP contribution in [0.3, 0.4) is 0 Å². The van der Waals surface area contributed by atoms with Crippen molar-refractivity contribution in [1.29, 1.82) is 0 Å². The molecule has 0 aliphatic rings. The van der Waals surface area contributed by atoms with Crippen LogP contribution in [-0.4, -0.2) is 22.2 Å². The first-order valence-electron chi connectivity index (χ1n) is 8.00. The Labute approximate surface area is 141 Å². The Balaban J connectivity index is 2.04. The van der Waals surface area contributed by atoms with Gasteiger partial charge in [0.2, 0.25) is 0 Å². The van der Waals surface area contributed by atoms with Crippen LogP contribution < -0.4 is 11.5 Å². The summed E-state index contributed by atoms with van der Waals surface area (Å²) in [6.45, 7) is 1.99. The first-order valence-corrected chi connectivity index (χ1v) is 8.00. The zero-order valence-electron chi connectivity index (χ0n) is 13.7. The molecular weight excluding hydrogens is 304 g/mol. The highest BCUT2D eigenvalue weighted by atomic mass is 16.3. The molecule has 24 heavy (non-hydrogen) atoms. The molecule has 5 heteroatoms. The van der Waals surface area contributed by atoms with Gasteiger partial charge in [-0.25, -0.2) is 0 Å². The van der Waals surface area contributed by atoms with E-state index in [-0.39, 0.29) is 17.2 Å². The Kier molecular flexibility index (Phi) is 5.95. The predicted octanol–water partition coefficient (Wildman–Crippen LogP) is 2.12. The second kappa shape index (κ2) is 7.95. The van der Waals surface area contributed by atoms with E-state index in [9.17, 15) is 15.0 Å². The molecule has 0 aromatic heterocycles. The molecule has 1 amide bonds. The molecule has 128 valence electrons. The van der Waals surface area contributed by atoms with Gasteiger partial charge in [-0.1, -0.05) is 43.3 Å². The molecule has 2 aromatic rings. The average Bonchev–Trinajstić information content (AvgIpc) is 2.59. The number of phenols is 1. The first kappa shape index (κ1) is 18.0. The average molecular weight is 328 g/mol. The zero-order valence-corrected chi connectivity index (χ0v) is 13.7. The van der Waals surface area contributed by atoms with Crippen LogP contribution in [0.25, 0.3) is 0 Å². The van der Waals surface area contributed by atoms with Crippen molar-refractivity contribution in [3.8, 4) is 5.75 Å². The van der Waals surface area contributed by atoms with E-state index in [1.54, 1.807) is 6.07 Å². The lowest BCUT2D eigenvalue weighted by molar-refractivity contribution is 0.0996. The molecule has 0 spiro atoms. The molecule has 0 saturated carbocycles. The van der Waals surface area contributed by atoms with Gasteiger partial charge in [-0.2, -0.15) is 0 Å². The van der Waals surface area contributed by atoms with E-state index in [0.29, 0.717) is 5.56 Å². The second-order valence-electron chi connectivity index (χ2n) is 6.16. The molecular formula is C19H24N2O3. The molecule has 0 heterocycles. The van der Waals surface area contributed by atoms with E-state index in [0.717, 1.165) is 12.8 Å². The highest BCUT2D eigenvalue weighted by Crippen LogP contribution is 2.27. The smallest absolute Gasteiger partial charge is 0.252 e. The van der Waals surface area contributed by atoms with Crippen LogP contribution in [0.15, 0.2) is 48.5 Å². The molecule has 0 radical (unpaired) electrons. The third-order valence-electron chi connectivity index (χ3n) is 4.38. The van der Waals surface area contributed by atoms with E-state index in [2.05, 4.69) is 12.1 Å². The number of carbonyl (C=O) groups is 1. The molecule has 3 atom stereocenters. The summed E-state index contributed by atoms with van der Waals surface area (Å²) in [5.74, 6) is -0.873. The summed E-state index contributed by atoms with van der Waals surface area (Å²) in [4.78, 5) is 11.3. The van der Waals surface area contributed by atoms with E-state index in [1.165, 1.54) is 17.7 Å². The second-order valence-corrected chi connectivity index (χ2v) is 6.16. The minimum Gasteiger partial charge on any atom is -0.507 e. The molecule has 0 aliphatic heterocycles. The van der Waals surface area contributed by atoms with Gasteiger partial charge in [0, 0.05) is 6.04 Å². The van der Waals surface area contributed by atoms with Crippen LogP contribution in [0.1, 0.15) is 40.9 Å². The summed E-state index contributed by atoms with van der Waals surface area (Å²) < 4.78 is 0. The monoisotopic (exact) mass is 328 g/mol. The van der Waals surface area contributed by atoms with Crippen molar-refractivity contribution >= 4 is 5.91 Å². The molecule has 3 unspecified atom stereocenters. The Bertz CT molecular complexity index is 688. The van der Waals surface area contributed by atoms with Crippen LogP contribution >= 0.6 is 0 Å². The van der Waals surface area contributed by atoms with Gasteiger partial charge in [0.1, 0.15) is 5.75 Å². The van der Waals surface area contributed by atoms with Crippen LogP contribution in [0, 0.1) is 5.92 Å². The number of carbonyl (C=O) groups excluding carboxylic acids is 1. The highest BCUT2D eigenvalue weighted by molar-refractivity contribution is 5.95. The maximum atomic E-state index is 11.3. The number of aromatic hydroxyl groups is 1. The van der Waals surface area contributed by atoms with Gasteiger partial charge in [0.25, 0.3) is 5.91 Å².